The molecule has 1 aliphatic heterocycles. The second kappa shape index (κ2) is 13.2. The van der Waals surface area contributed by atoms with Crippen LogP contribution in [0.15, 0.2) is 103 Å². The van der Waals surface area contributed by atoms with E-state index in [1.54, 1.807) is 25.4 Å². The summed E-state index contributed by atoms with van der Waals surface area (Å²) in [6, 6.07) is 28.0. The van der Waals surface area contributed by atoms with Crippen molar-refractivity contribution in [3.05, 3.63) is 137 Å². The number of benzene rings is 4. The molecule has 2 heterocycles. The number of aromatic nitrogens is 1. The van der Waals surface area contributed by atoms with Gasteiger partial charge in [0.1, 0.15) is 28.6 Å². The number of hydrogen-bond donors (Lipinski definition) is 0. The van der Waals surface area contributed by atoms with Crippen LogP contribution >= 0.6 is 0 Å². The maximum atomic E-state index is 14.3. The quantitative estimate of drug-likeness (QED) is 0.150. The fraction of sp³-hybridized carbons (Fsp3) is 0.189. The number of halogens is 1. The van der Waals surface area contributed by atoms with E-state index in [4.69, 9.17) is 9.47 Å². The minimum Gasteiger partial charge on any atom is -0.478 e. The van der Waals surface area contributed by atoms with Crippen molar-refractivity contribution in [3.63, 3.8) is 0 Å². The Kier molecular flexibility index (Phi) is 8.74. The zero-order valence-corrected chi connectivity index (χ0v) is 25.5. The summed E-state index contributed by atoms with van der Waals surface area (Å²) in [6.07, 6.45) is 1.86. The first-order chi connectivity index (χ1) is 22.4. The fourth-order valence-corrected chi connectivity index (χ4v) is 5.51. The Hall–Kier alpha value is -5.57. The van der Waals surface area contributed by atoms with Gasteiger partial charge in [0, 0.05) is 25.2 Å². The molecule has 0 aliphatic carbocycles. The van der Waals surface area contributed by atoms with Crippen molar-refractivity contribution in [2.45, 2.75) is 32.4 Å². The lowest BCUT2D eigenvalue weighted by atomic mass is 9.99. The van der Waals surface area contributed by atoms with Crippen LogP contribution in [-0.2, 0) is 6.54 Å². The van der Waals surface area contributed by atoms with Gasteiger partial charge in [-0.3, -0.25) is 19.5 Å². The Labute approximate surface area is 266 Å². The molecule has 3 amide bonds. The zero-order chi connectivity index (χ0) is 32.2. The number of imide groups is 1. The van der Waals surface area contributed by atoms with Crippen LogP contribution in [0.1, 0.15) is 63.3 Å². The van der Waals surface area contributed by atoms with E-state index in [0.717, 1.165) is 28.9 Å². The second-order valence-corrected chi connectivity index (χ2v) is 11.1. The lowest BCUT2D eigenvalue weighted by Crippen LogP contribution is -2.31. The van der Waals surface area contributed by atoms with Gasteiger partial charge >= 0.3 is 6.09 Å². The molecule has 5 aromatic rings. The van der Waals surface area contributed by atoms with Crippen LogP contribution < -0.4 is 9.47 Å². The minimum atomic E-state index is -0.668. The van der Waals surface area contributed by atoms with Crippen LogP contribution in [0.3, 0.4) is 0 Å². The molecule has 0 atom stereocenters. The summed E-state index contributed by atoms with van der Waals surface area (Å²) in [5.41, 5.74) is 2.32. The maximum absolute atomic E-state index is 14.3. The molecule has 9 heteroatoms. The number of ether oxygens (including phenoxy) is 2. The molecule has 8 nitrogen and oxygen atoms in total. The average Bonchev–Trinajstić information content (AvgIpc) is 3.33. The summed E-state index contributed by atoms with van der Waals surface area (Å²) in [5, 5.41) is 0.346. The summed E-state index contributed by atoms with van der Waals surface area (Å²) >= 11 is 0. The third-order valence-corrected chi connectivity index (χ3v) is 7.93. The Bertz CT molecular complexity index is 1860. The van der Waals surface area contributed by atoms with E-state index in [0.29, 0.717) is 17.5 Å². The van der Waals surface area contributed by atoms with Gasteiger partial charge in [-0.05, 0) is 47.4 Å². The second-order valence-electron chi connectivity index (χ2n) is 11.1. The first-order valence-corrected chi connectivity index (χ1v) is 15.1. The molecular weight excluding hydrogens is 585 g/mol. The topological polar surface area (TPSA) is 89.0 Å². The predicted octanol–water partition coefficient (Wildman–Crippen LogP) is 7.57. The normalized spacial score (nSPS) is 12.5. The van der Waals surface area contributed by atoms with Gasteiger partial charge in [-0.1, -0.05) is 86.1 Å². The highest BCUT2D eigenvalue weighted by molar-refractivity contribution is 6.27. The van der Waals surface area contributed by atoms with Crippen LogP contribution in [0.5, 0.6) is 11.5 Å². The molecule has 46 heavy (non-hydrogen) atoms. The summed E-state index contributed by atoms with van der Waals surface area (Å²) in [6.45, 7) is 2.34. The number of carbonyl (C=O) groups excluding carboxylic acids is 3. The van der Waals surface area contributed by atoms with Crippen molar-refractivity contribution in [1.29, 1.82) is 0 Å². The van der Waals surface area contributed by atoms with Gasteiger partial charge in [0.25, 0.3) is 11.8 Å². The Balaban J connectivity index is 1.54. The molecule has 0 spiro atoms. The van der Waals surface area contributed by atoms with Crippen molar-refractivity contribution < 1.29 is 28.2 Å². The van der Waals surface area contributed by atoms with E-state index in [1.807, 2.05) is 67.6 Å². The van der Waals surface area contributed by atoms with Gasteiger partial charge in [0.2, 0.25) is 0 Å². The predicted molar refractivity (Wildman–Crippen MR) is 171 cm³/mol. The van der Waals surface area contributed by atoms with E-state index < -0.39 is 29.8 Å². The molecule has 1 aromatic heterocycles. The van der Waals surface area contributed by atoms with E-state index in [-0.39, 0.29) is 34.7 Å². The van der Waals surface area contributed by atoms with Crippen molar-refractivity contribution >= 4 is 28.8 Å². The standard InChI is InChI=1S/C37H32FN3O5/c1-3-4-22-40(2)37(44)46-33-28-16-11-21-39-31(28)34(45-32(25-12-7-5-8-13-25)26-14-9-6-10-15-26)30-29(33)35(42)41(36(30)43)23-24-17-19-27(38)20-18-24/h5-21,32H,3-4,22-23H2,1-2H3. The monoisotopic (exact) mass is 617 g/mol. The van der Waals surface area contributed by atoms with Crippen LogP contribution in [0.25, 0.3) is 10.9 Å². The number of nitrogens with zero attached hydrogens (tertiary/aromatic N) is 3. The van der Waals surface area contributed by atoms with Crippen LogP contribution in [0, 0.1) is 5.82 Å². The van der Waals surface area contributed by atoms with Gasteiger partial charge in [-0.25, -0.2) is 9.18 Å². The molecule has 0 N–H and O–H groups in total. The van der Waals surface area contributed by atoms with Gasteiger partial charge in [-0.15, -0.1) is 0 Å². The van der Waals surface area contributed by atoms with E-state index in [1.165, 1.54) is 29.2 Å². The first-order valence-electron chi connectivity index (χ1n) is 15.1. The van der Waals surface area contributed by atoms with E-state index >= 15 is 0 Å². The van der Waals surface area contributed by atoms with E-state index in [9.17, 15) is 18.8 Å². The SMILES string of the molecule is CCCCN(C)C(=O)Oc1c2c(c(OC(c3ccccc3)c3ccccc3)c3ncccc13)C(=O)N(Cc1ccc(F)cc1)C2=O. The molecule has 0 unspecified atom stereocenters. The molecule has 0 saturated carbocycles. The van der Waals surface area contributed by atoms with Crippen molar-refractivity contribution in [1.82, 2.24) is 14.8 Å². The number of rotatable bonds is 10. The van der Waals surface area contributed by atoms with Crippen LogP contribution in [0.4, 0.5) is 9.18 Å². The lowest BCUT2D eigenvalue weighted by Gasteiger charge is -2.23. The smallest absolute Gasteiger partial charge is 0.415 e. The maximum Gasteiger partial charge on any atom is 0.415 e. The summed E-state index contributed by atoms with van der Waals surface area (Å²) in [7, 11) is 1.62. The molecule has 0 fully saturated rings. The number of fused-ring (bicyclic) bond motifs is 2. The number of hydrogen-bond acceptors (Lipinski definition) is 6. The van der Waals surface area contributed by atoms with Crippen molar-refractivity contribution in [2.24, 2.45) is 0 Å². The fourth-order valence-electron chi connectivity index (χ4n) is 5.51. The molecule has 0 saturated heterocycles. The Morgan fingerprint density at radius 3 is 2.07 bits per heavy atom. The largest absolute Gasteiger partial charge is 0.478 e. The van der Waals surface area contributed by atoms with Gasteiger partial charge < -0.3 is 14.4 Å². The highest BCUT2D eigenvalue weighted by atomic mass is 19.1. The molecule has 1 aliphatic rings. The van der Waals surface area contributed by atoms with Crippen LogP contribution in [0.2, 0.25) is 0 Å². The van der Waals surface area contributed by atoms with Crippen molar-refractivity contribution in [3.8, 4) is 11.5 Å². The highest BCUT2D eigenvalue weighted by Gasteiger charge is 2.44. The third-order valence-electron chi connectivity index (χ3n) is 7.93. The van der Waals surface area contributed by atoms with Crippen LogP contribution in [-0.4, -0.2) is 46.3 Å². The molecule has 0 bridgehead atoms. The zero-order valence-electron chi connectivity index (χ0n) is 25.5. The summed E-state index contributed by atoms with van der Waals surface area (Å²) in [4.78, 5) is 48.8. The molecule has 232 valence electrons. The first kappa shape index (κ1) is 30.5. The number of unbranched alkanes of at least 4 members (excludes halogenated alkanes) is 1. The number of amides is 3. The molecule has 4 aromatic carbocycles. The molecule has 6 rings (SSSR count). The lowest BCUT2D eigenvalue weighted by molar-refractivity contribution is 0.0640. The summed E-state index contributed by atoms with van der Waals surface area (Å²) in [5.74, 6) is -1.69. The number of carbonyl (C=O) groups is 3. The Morgan fingerprint density at radius 1 is 0.848 bits per heavy atom. The molecule has 0 radical (unpaired) electrons. The average molecular weight is 618 g/mol. The van der Waals surface area contributed by atoms with E-state index in [2.05, 4.69) is 4.98 Å². The molecular formula is C37H32FN3O5. The highest BCUT2D eigenvalue weighted by Crippen LogP contribution is 2.46. The van der Waals surface area contributed by atoms with Gasteiger partial charge in [-0.2, -0.15) is 0 Å². The third kappa shape index (κ3) is 5.91. The Morgan fingerprint density at radius 2 is 1.46 bits per heavy atom. The summed E-state index contributed by atoms with van der Waals surface area (Å²) < 4.78 is 26.4. The minimum absolute atomic E-state index is 0.0471. The van der Waals surface area contributed by atoms with Gasteiger partial charge in [0.15, 0.2) is 11.5 Å². The van der Waals surface area contributed by atoms with Crippen molar-refractivity contribution in [2.75, 3.05) is 13.6 Å². The number of pyridine rings is 1. The van der Waals surface area contributed by atoms with Gasteiger partial charge in [0.05, 0.1) is 6.54 Å².